The first-order chi connectivity index (χ1) is 10.2. The van der Waals surface area contributed by atoms with Crippen molar-refractivity contribution in [3.05, 3.63) is 35.4 Å². The highest BCUT2D eigenvalue weighted by Gasteiger charge is 2.05. The lowest BCUT2D eigenvalue weighted by atomic mass is 10.1. The van der Waals surface area contributed by atoms with Crippen molar-refractivity contribution in [3.8, 4) is 0 Å². The highest BCUT2D eigenvalue weighted by atomic mass is 16.2. The van der Waals surface area contributed by atoms with E-state index in [0.717, 1.165) is 31.2 Å². The third kappa shape index (κ3) is 6.90. The molecule has 4 N–H and O–H groups in total. The summed E-state index contributed by atoms with van der Waals surface area (Å²) in [6, 6.07) is 7.26. The third-order valence-corrected chi connectivity index (χ3v) is 3.26. The zero-order valence-electron chi connectivity index (χ0n) is 12.7. The van der Waals surface area contributed by atoms with Crippen LogP contribution in [0.2, 0.25) is 0 Å². The Morgan fingerprint density at radius 2 is 1.90 bits per heavy atom. The monoisotopic (exact) mass is 291 g/mol. The summed E-state index contributed by atoms with van der Waals surface area (Å²) in [4.78, 5) is 23.2. The Balaban J connectivity index is 2.31. The van der Waals surface area contributed by atoms with Crippen LogP contribution >= 0.6 is 0 Å². The molecule has 0 unspecified atom stereocenters. The fraction of sp³-hybridized carbons (Fsp3) is 0.500. The van der Waals surface area contributed by atoms with E-state index in [4.69, 9.17) is 5.73 Å². The van der Waals surface area contributed by atoms with E-state index < -0.39 is 0 Å². The Hall–Kier alpha value is -1.88. The van der Waals surface area contributed by atoms with Crippen LogP contribution in [0.1, 0.15) is 48.0 Å². The van der Waals surface area contributed by atoms with E-state index in [1.165, 1.54) is 0 Å². The zero-order chi connectivity index (χ0) is 15.5. The van der Waals surface area contributed by atoms with Gasteiger partial charge in [-0.25, -0.2) is 0 Å². The number of amides is 2. The average Bonchev–Trinajstić information content (AvgIpc) is 2.52. The number of hydrogen-bond donors (Lipinski definition) is 3. The van der Waals surface area contributed by atoms with E-state index in [2.05, 4.69) is 10.6 Å². The first-order valence-corrected chi connectivity index (χ1v) is 7.45. The molecule has 116 valence electrons. The van der Waals surface area contributed by atoms with Crippen LogP contribution in [0.4, 0.5) is 0 Å². The van der Waals surface area contributed by atoms with Crippen molar-refractivity contribution in [1.82, 2.24) is 10.6 Å². The van der Waals surface area contributed by atoms with E-state index in [9.17, 15) is 9.59 Å². The molecule has 0 saturated carbocycles. The molecule has 21 heavy (non-hydrogen) atoms. The summed E-state index contributed by atoms with van der Waals surface area (Å²) in [5.41, 5.74) is 6.94. The molecule has 2 amide bonds. The fourth-order valence-electron chi connectivity index (χ4n) is 2.04. The summed E-state index contributed by atoms with van der Waals surface area (Å²) in [7, 11) is 1.60. The lowest BCUT2D eigenvalue weighted by Gasteiger charge is -2.07. The molecule has 5 heteroatoms. The first-order valence-electron chi connectivity index (χ1n) is 7.45. The molecular weight excluding hydrogens is 266 g/mol. The van der Waals surface area contributed by atoms with E-state index in [1.54, 1.807) is 19.2 Å². The molecule has 1 aromatic carbocycles. The molecule has 0 saturated heterocycles. The molecule has 0 atom stereocenters. The van der Waals surface area contributed by atoms with Crippen LogP contribution < -0.4 is 16.4 Å². The summed E-state index contributed by atoms with van der Waals surface area (Å²) in [5.74, 6) is -0.0730. The number of unbranched alkanes of at least 4 members (excludes halogenated alkanes) is 3. The summed E-state index contributed by atoms with van der Waals surface area (Å²) in [6.45, 7) is 1.17. The number of carbonyl (C=O) groups is 2. The summed E-state index contributed by atoms with van der Waals surface area (Å²) < 4.78 is 0. The minimum Gasteiger partial charge on any atom is -0.355 e. The van der Waals surface area contributed by atoms with Crippen molar-refractivity contribution in [3.63, 3.8) is 0 Å². The first kappa shape index (κ1) is 17.2. The molecule has 0 aromatic heterocycles. The molecular formula is C16H25N3O2. The van der Waals surface area contributed by atoms with Gasteiger partial charge in [0.1, 0.15) is 0 Å². The molecule has 1 rings (SSSR count). The van der Waals surface area contributed by atoms with E-state index in [0.29, 0.717) is 25.1 Å². The topological polar surface area (TPSA) is 84.2 Å². The van der Waals surface area contributed by atoms with Crippen molar-refractivity contribution in [2.75, 3.05) is 13.6 Å². The number of nitrogens with two attached hydrogens (primary N) is 1. The summed E-state index contributed by atoms with van der Waals surface area (Å²) in [5, 5.41) is 5.46. The van der Waals surface area contributed by atoms with Crippen molar-refractivity contribution in [1.29, 1.82) is 0 Å². The van der Waals surface area contributed by atoms with Gasteiger partial charge in [0, 0.05) is 25.6 Å². The molecule has 0 spiro atoms. The molecule has 1 aromatic rings. The minimum atomic E-state index is -0.122. The predicted octanol–water partition coefficient (Wildman–Crippen LogP) is 1.57. The Labute approximate surface area is 126 Å². The van der Waals surface area contributed by atoms with Gasteiger partial charge in [-0.15, -0.1) is 0 Å². The molecule has 5 nitrogen and oxygen atoms in total. The zero-order valence-corrected chi connectivity index (χ0v) is 12.7. The van der Waals surface area contributed by atoms with Gasteiger partial charge in [0.05, 0.1) is 0 Å². The van der Waals surface area contributed by atoms with Crippen molar-refractivity contribution in [2.24, 2.45) is 5.73 Å². The lowest BCUT2D eigenvalue weighted by molar-refractivity contribution is -0.121. The van der Waals surface area contributed by atoms with Gasteiger partial charge >= 0.3 is 0 Å². The Morgan fingerprint density at radius 3 is 2.62 bits per heavy atom. The van der Waals surface area contributed by atoms with Crippen LogP contribution in [-0.4, -0.2) is 25.4 Å². The van der Waals surface area contributed by atoms with Crippen LogP contribution in [0.15, 0.2) is 24.3 Å². The summed E-state index contributed by atoms with van der Waals surface area (Å²) >= 11 is 0. The van der Waals surface area contributed by atoms with Crippen LogP contribution in [0.5, 0.6) is 0 Å². The van der Waals surface area contributed by atoms with Gasteiger partial charge in [0.2, 0.25) is 5.91 Å². The van der Waals surface area contributed by atoms with Gasteiger partial charge in [0.15, 0.2) is 0 Å². The van der Waals surface area contributed by atoms with Gasteiger partial charge in [-0.1, -0.05) is 25.0 Å². The van der Waals surface area contributed by atoms with Gasteiger partial charge in [-0.3, -0.25) is 9.59 Å². The predicted molar refractivity (Wildman–Crippen MR) is 83.8 cm³/mol. The highest BCUT2D eigenvalue weighted by Crippen LogP contribution is 2.06. The smallest absolute Gasteiger partial charge is 0.251 e. The van der Waals surface area contributed by atoms with Crippen molar-refractivity contribution >= 4 is 11.8 Å². The van der Waals surface area contributed by atoms with E-state index in [1.807, 2.05) is 12.1 Å². The van der Waals surface area contributed by atoms with Crippen molar-refractivity contribution in [2.45, 2.75) is 38.6 Å². The fourth-order valence-corrected chi connectivity index (χ4v) is 2.04. The number of hydrogen-bond acceptors (Lipinski definition) is 3. The Morgan fingerprint density at radius 1 is 1.14 bits per heavy atom. The molecule has 0 aliphatic heterocycles. The number of benzene rings is 1. The second kappa shape index (κ2) is 9.94. The van der Waals surface area contributed by atoms with E-state index in [-0.39, 0.29) is 11.8 Å². The standard InChI is InChI=1S/C16H25N3O2/c1-18-16(21)14-8-6-7-13(11-14)12-19-15(20)9-4-2-3-5-10-17/h6-8,11H,2-5,9-10,12,17H2,1H3,(H,18,21)(H,19,20). The Kier molecular flexibility index (Phi) is 8.12. The maximum absolute atomic E-state index is 11.7. The lowest BCUT2D eigenvalue weighted by Crippen LogP contribution is -2.23. The van der Waals surface area contributed by atoms with Crippen LogP contribution in [0, 0.1) is 0 Å². The number of carbonyl (C=O) groups excluding carboxylic acids is 2. The molecule has 0 aliphatic rings. The molecule has 0 radical (unpaired) electrons. The second-order valence-corrected chi connectivity index (χ2v) is 5.01. The maximum Gasteiger partial charge on any atom is 0.251 e. The van der Waals surface area contributed by atoms with Gasteiger partial charge in [0.25, 0.3) is 5.91 Å². The normalized spacial score (nSPS) is 10.2. The van der Waals surface area contributed by atoms with Gasteiger partial charge < -0.3 is 16.4 Å². The Bertz CT molecular complexity index is 461. The van der Waals surface area contributed by atoms with Crippen molar-refractivity contribution < 1.29 is 9.59 Å². The molecule has 0 aliphatic carbocycles. The molecule has 0 bridgehead atoms. The quantitative estimate of drug-likeness (QED) is 0.604. The summed E-state index contributed by atoms with van der Waals surface area (Å²) in [6.07, 6.45) is 4.58. The number of rotatable bonds is 9. The maximum atomic E-state index is 11.7. The minimum absolute atomic E-state index is 0.0492. The largest absolute Gasteiger partial charge is 0.355 e. The van der Waals surface area contributed by atoms with Gasteiger partial charge in [-0.2, -0.15) is 0 Å². The average molecular weight is 291 g/mol. The second-order valence-electron chi connectivity index (χ2n) is 5.01. The molecule has 0 heterocycles. The van der Waals surface area contributed by atoms with Crippen LogP contribution in [0.25, 0.3) is 0 Å². The third-order valence-electron chi connectivity index (χ3n) is 3.26. The van der Waals surface area contributed by atoms with Crippen LogP contribution in [-0.2, 0) is 11.3 Å². The highest BCUT2D eigenvalue weighted by molar-refractivity contribution is 5.94. The van der Waals surface area contributed by atoms with E-state index >= 15 is 0 Å². The SMILES string of the molecule is CNC(=O)c1cccc(CNC(=O)CCCCCCN)c1. The molecule has 0 fully saturated rings. The van der Waals surface area contributed by atoms with Crippen LogP contribution in [0.3, 0.4) is 0 Å². The number of nitrogens with one attached hydrogen (secondary N) is 2. The van der Waals surface area contributed by atoms with Gasteiger partial charge in [-0.05, 0) is 37.1 Å².